The largest absolute Gasteiger partial charge is 0.350 e. The molecule has 0 aliphatic heterocycles. The highest BCUT2D eigenvalue weighted by Crippen LogP contribution is 1.87. The van der Waals surface area contributed by atoms with Gasteiger partial charge in [0.15, 0.2) is 6.54 Å². The topological polar surface area (TPSA) is 67.2 Å². The molecular formula is C9H23N4O+. The molecule has 14 heavy (non-hydrogen) atoms. The van der Waals surface area contributed by atoms with Crippen LogP contribution in [0.15, 0.2) is 0 Å². The summed E-state index contributed by atoms with van der Waals surface area (Å²) in [6.07, 6.45) is 0. The first kappa shape index (κ1) is 13.4. The van der Waals surface area contributed by atoms with Gasteiger partial charge in [0.25, 0.3) is 5.91 Å². The molecule has 0 rings (SSSR count). The molecule has 0 saturated carbocycles. The second kappa shape index (κ2) is 6.75. The van der Waals surface area contributed by atoms with E-state index in [0.29, 0.717) is 24.1 Å². The van der Waals surface area contributed by atoms with E-state index in [0.717, 1.165) is 13.1 Å². The van der Waals surface area contributed by atoms with Crippen LogP contribution in [0.1, 0.15) is 0 Å². The standard InChI is InChI=1S/C9H22N4O/c1-13(2,3)8-9(14)12-7-6-11-5-4-10/h11H,4-8,10H2,1-3H3/p+1. The third kappa shape index (κ3) is 9.44. The molecular weight excluding hydrogens is 180 g/mol. The third-order valence-corrected chi connectivity index (χ3v) is 1.56. The van der Waals surface area contributed by atoms with Gasteiger partial charge in [-0.2, -0.15) is 0 Å². The van der Waals surface area contributed by atoms with Crippen molar-refractivity contribution in [2.75, 3.05) is 53.9 Å². The van der Waals surface area contributed by atoms with Gasteiger partial charge in [-0.15, -0.1) is 0 Å². The Labute approximate surface area is 86.2 Å². The maximum atomic E-state index is 11.3. The number of carbonyl (C=O) groups excluding carboxylic acids is 1. The minimum absolute atomic E-state index is 0.0899. The van der Waals surface area contributed by atoms with E-state index in [4.69, 9.17) is 5.73 Å². The molecule has 0 aromatic carbocycles. The summed E-state index contributed by atoms with van der Waals surface area (Å²) in [5.74, 6) is 0.0899. The average molecular weight is 203 g/mol. The normalized spacial score (nSPS) is 11.4. The van der Waals surface area contributed by atoms with Crippen molar-refractivity contribution in [2.45, 2.75) is 0 Å². The first-order chi connectivity index (χ1) is 6.45. The van der Waals surface area contributed by atoms with Gasteiger partial charge in [-0.25, -0.2) is 0 Å². The van der Waals surface area contributed by atoms with E-state index in [-0.39, 0.29) is 5.91 Å². The first-order valence-electron chi connectivity index (χ1n) is 4.93. The molecule has 1 amide bonds. The van der Waals surface area contributed by atoms with Crippen LogP contribution in [0.4, 0.5) is 0 Å². The fourth-order valence-corrected chi connectivity index (χ4v) is 1.00. The number of amides is 1. The lowest BCUT2D eigenvalue weighted by Gasteiger charge is -2.22. The molecule has 0 fully saturated rings. The molecule has 84 valence electrons. The van der Waals surface area contributed by atoms with Crippen molar-refractivity contribution in [2.24, 2.45) is 5.73 Å². The van der Waals surface area contributed by atoms with E-state index in [1.807, 2.05) is 21.1 Å². The molecule has 0 unspecified atom stereocenters. The third-order valence-electron chi connectivity index (χ3n) is 1.56. The zero-order valence-electron chi connectivity index (χ0n) is 9.47. The SMILES string of the molecule is C[N+](C)(C)CC(=O)NCCNCCN. The maximum absolute atomic E-state index is 11.3. The molecule has 0 heterocycles. The number of quaternary nitrogens is 1. The Bertz CT molecular complexity index is 165. The Morgan fingerprint density at radius 1 is 1.21 bits per heavy atom. The fourth-order valence-electron chi connectivity index (χ4n) is 1.00. The van der Waals surface area contributed by atoms with Crippen LogP contribution in [0.3, 0.4) is 0 Å². The first-order valence-corrected chi connectivity index (χ1v) is 4.93. The Kier molecular flexibility index (Phi) is 6.44. The molecule has 0 saturated heterocycles. The summed E-state index contributed by atoms with van der Waals surface area (Å²) in [7, 11) is 5.98. The number of hydrogen-bond donors (Lipinski definition) is 3. The number of rotatable bonds is 7. The zero-order chi connectivity index (χ0) is 11.0. The minimum atomic E-state index is 0.0899. The number of nitrogens with zero attached hydrogens (tertiary/aromatic N) is 1. The fraction of sp³-hybridized carbons (Fsp3) is 0.889. The Morgan fingerprint density at radius 2 is 1.86 bits per heavy atom. The average Bonchev–Trinajstić information content (AvgIpc) is 2.00. The lowest BCUT2D eigenvalue weighted by atomic mass is 10.4. The number of likely N-dealkylation sites (N-methyl/N-ethyl adjacent to an activating group) is 1. The Morgan fingerprint density at radius 3 is 2.36 bits per heavy atom. The van der Waals surface area contributed by atoms with Crippen molar-refractivity contribution in [3.63, 3.8) is 0 Å². The molecule has 0 radical (unpaired) electrons. The monoisotopic (exact) mass is 203 g/mol. The molecule has 0 aliphatic carbocycles. The zero-order valence-corrected chi connectivity index (χ0v) is 9.47. The summed E-state index contributed by atoms with van der Waals surface area (Å²) in [6.45, 7) is 3.38. The van der Waals surface area contributed by atoms with Crippen molar-refractivity contribution < 1.29 is 9.28 Å². The van der Waals surface area contributed by atoms with Crippen LogP contribution in [0.25, 0.3) is 0 Å². The van der Waals surface area contributed by atoms with Gasteiger partial charge in [-0.1, -0.05) is 0 Å². The second-order valence-corrected chi connectivity index (χ2v) is 4.34. The summed E-state index contributed by atoms with van der Waals surface area (Å²) in [5.41, 5.74) is 5.30. The number of hydrogen-bond acceptors (Lipinski definition) is 3. The van der Waals surface area contributed by atoms with Gasteiger partial charge in [0, 0.05) is 26.2 Å². The van der Waals surface area contributed by atoms with Gasteiger partial charge in [0.2, 0.25) is 0 Å². The molecule has 0 atom stereocenters. The van der Waals surface area contributed by atoms with Gasteiger partial charge < -0.3 is 20.9 Å². The lowest BCUT2D eigenvalue weighted by molar-refractivity contribution is -0.862. The van der Waals surface area contributed by atoms with Crippen LogP contribution in [0.5, 0.6) is 0 Å². The second-order valence-electron chi connectivity index (χ2n) is 4.34. The highest BCUT2D eigenvalue weighted by Gasteiger charge is 2.12. The number of carbonyl (C=O) groups is 1. The van der Waals surface area contributed by atoms with E-state index in [1.165, 1.54) is 0 Å². The van der Waals surface area contributed by atoms with Crippen LogP contribution < -0.4 is 16.4 Å². The van der Waals surface area contributed by atoms with E-state index >= 15 is 0 Å². The summed E-state index contributed by atoms with van der Waals surface area (Å²) in [6, 6.07) is 0. The number of nitrogens with two attached hydrogens (primary N) is 1. The van der Waals surface area contributed by atoms with E-state index < -0.39 is 0 Å². The predicted molar refractivity (Wildman–Crippen MR) is 57.8 cm³/mol. The van der Waals surface area contributed by atoms with Gasteiger partial charge in [0.05, 0.1) is 21.1 Å². The molecule has 5 heteroatoms. The van der Waals surface area contributed by atoms with E-state index in [9.17, 15) is 4.79 Å². The van der Waals surface area contributed by atoms with Crippen LogP contribution in [0, 0.1) is 0 Å². The van der Waals surface area contributed by atoms with Crippen LogP contribution >= 0.6 is 0 Å². The van der Waals surface area contributed by atoms with Crippen molar-refractivity contribution in [1.82, 2.24) is 10.6 Å². The van der Waals surface area contributed by atoms with Crippen LogP contribution in [-0.2, 0) is 4.79 Å². The van der Waals surface area contributed by atoms with Crippen molar-refractivity contribution in [3.8, 4) is 0 Å². The maximum Gasteiger partial charge on any atom is 0.275 e. The Hall–Kier alpha value is -0.650. The number of nitrogens with one attached hydrogen (secondary N) is 2. The van der Waals surface area contributed by atoms with Gasteiger partial charge >= 0.3 is 0 Å². The van der Waals surface area contributed by atoms with Crippen molar-refractivity contribution in [1.29, 1.82) is 0 Å². The molecule has 0 aliphatic rings. The summed E-state index contributed by atoms with van der Waals surface area (Å²) in [5, 5.41) is 5.95. The molecule has 0 bridgehead atoms. The molecule has 0 aromatic heterocycles. The van der Waals surface area contributed by atoms with Gasteiger partial charge in [-0.05, 0) is 0 Å². The highest BCUT2D eigenvalue weighted by atomic mass is 16.2. The molecule has 0 aromatic rings. The predicted octanol–water partition coefficient (Wildman–Crippen LogP) is -1.64. The highest BCUT2D eigenvalue weighted by molar-refractivity contribution is 5.76. The Balaban J connectivity index is 3.36. The summed E-state index contributed by atoms with van der Waals surface area (Å²) in [4.78, 5) is 11.3. The van der Waals surface area contributed by atoms with Crippen molar-refractivity contribution >= 4 is 5.91 Å². The smallest absolute Gasteiger partial charge is 0.275 e. The van der Waals surface area contributed by atoms with Crippen LogP contribution in [-0.4, -0.2) is 64.3 Å². The molecule has 5 nitrogen and oxygen atoms in total. The molecule has 0 spiro atoms. The van der Waals surface area contributed by atoms with E-state index in [2.05, 4.69) is 10.6 Å². The van der Waals surface area contributed by atoms with Gasteiger partial charge in [-0.3, -0.25) is 4.79 Å². The molecule has 4 N–H and O–H groups in total. The lowest BCUT2D eigenvalue weighted by Crippen LogP contribution is -2.45. The van der Waals surface area contributed by atoms with Crippen LogP contribution in [0.2, 0.25) is 0 Å². The van der Waals surface area contributed by atoms with Crippen molar-refractivity contribution in [3.05, 3.63) is 0 Å². The summed E-state index contributed by atoms with van der Waals surface area (Å²) >= 11 is 0. The van der Waals surface area contributed by atoms with E-state index in [1.54, 1.807) is 0 Å². The summed E-state index contributed by atoms with van der Waals surface area (Å²) < 4.78 is 0.655. The minimum Gasteiger partial charge on any atom is -0.350 e. The van der Waals surface area contributed by atoms with Gasteiger partial charge in [0.1, 0.15) is 0 Å². The quantitative estimate of drug-likeness (QED) is 0.343.